The summed E-state index contributed by atoms with van der Waals surface area (Å²) >= 11 is 12.1. The minimum atomic E-state index is 0.415. The normalized spacial score (nSPS) is 13.0. The summed E-state index contributed by atoms with van der Waals surface area (Å²) in [4.78, 5) is 2.19. The van der Waals surface area contributed by atoms with Crippen molar-refractivity contribution in [3.63, 3.8) is 0 Å². The lowest BCUT2D eigenvalue weighted by Crippen LogP contribution is -2.40. The standard InChI is InChI=1S/C14H22Cl2N2/c1-4-7-17-13(10-18(2)3)8-11-5-6-12(15)9-14(11)16/h5-6,9,13,17H,4,7-8,10H2,1-3H3. The van der Waals surface area contributed by atoms with Crippen LogP contribution in [0.25, 0.3) is 0 Å². The Bertz CT molecular complexity index is 367. The Kier molecular flexibility index (Phi) is 7.02. The molecule has 0 bridgehead atoms. The highest BCUT2D eigenvalue weighted by Crippen LogP contribution is 2.22. The average molecular weight is 289 g/mol. The minimum Gasteiger partial charge on any atom is -0.312 e. The molecule has 0 saturated carbocycles. The Morgan fingerprint density at radius 2 is 2.00 bits per heavy atom. The first kappa shape index (κ1) is 15.8. The van der Waals surface area contributed by atoms with E-state index in [2.05, 4.69) is 31.2 Å². The van der Waals surface area contributed by atoms with E-state index in [-0.39, 0.29) is 0 Å². The van der Waals surface area contributed by atoms with Gasteiger partial charge >= 0.3 is 0 Å². The van der Waals surface area contributed by atoms with Gasteiger partial charge in [0.25, 0.3) is 0 Å². The van der Waals surface area contributed by atoms with Crippen molar-refractivity contribution in [2.45, 2.75) is 25.8 Å². The second-order valence-electron chi connectivity index (χ2n) is 4.85. The smallest absolute Gasteiger partial charge is 0.0453 e. The molecule has 0 amide bonds. The van der Waals surface area contributed by atoms with Crippen LogP contribution in [0, 0.1) is 0 Å². The van der Waals surface area contributed by atoms with E-state index < -0.39 is 0 Å². The molecule has 1 atom stereocenters. The molecule has 0 saturated heterocycles. The molecule has 1 rings (SSSR count). The van der Waals surface area contributed by atoms with Crippen molar-refractivity contribution in [3.05, 3.63) is 33.8 Å². The molecule has 102 valence electrons. The van der Waals surface area contributed by atoms with Gasteiger partial charge in [-0.3, -0.25) is 0 Å². The van der Waals surface area contributed by atoms with Crippen molar-refractivity contribution in [1.29, 1.82) is 0 Å². The van der Waals surface area contributed by atoms with Gasteiger partial charge in [0.05, 0.1) is 0 Å². The van der Waals surface area contributed by atoms with Gasteiger partial charge < -0.3 is 10.2 Å². The molecule has 0 fully saturated rings. The van der Waals surface area contributed by atoms with E-state index in [1.807, 2.05) is 18.2 Å². The second kappa shape index (κ2) is 8.00. The summed E-state index contributed by atoms with van der Waals surface area (Å²) in [6, 6.07) is 6.14. The first-order chi connectivity index (χ1) is 8.52. The van der Waals surface area contributed by atoms with Crippen molar-refractivity contribution in [2.75, 3.05) is 27.2 Å². The highest BCUT2D eigenvalue weighted by atomic mass is 35.5. The van der Waals surface area contributed by atoms with Crippen LogP contribution in [0.15, 0.2) is 18.2 Å². The fourth-order valence-corrected chi connectivity index (χ4v) is 2.43. The monoisotopic (exact) mass is 288 g/mol. The maximum Gasteiger partial charge on any atom is 0.0453 e. The van der Waals surface area contributed by atoms with Crippen molar-refractivity contribution in [1.82, 2.24) is 10.2 Å². The fraction of sp³-hybridized carbons (Fsp3) is 0.571. The molecule has 0 aliphatic heterocycles. The maximum atomic E-state index is 6.22. The molecule has 18 heavy (non-hydrogen) atoms. The van der Waals surface area contributed by atoms with E-state index in [4.69, 9.17) is 23.2 Å². The Balaban J connectivity index is 2.68. The van der Waals surface area contributed by atoms with Gasteiger partial charge in [0.15, 0.2) is 0 Å². The van der Waals surface area contributed by atoms with Crippen LogP contribution in [0.2, 0.25) is 10.0 Å². The van der Waals surface area contributed by atoms with Gasteiger partial charge in [0.1, 0.15) is 0 Å². The van der Waals surface area contributed by atoms with Crippen LogP contribution in [0.1, 0.15) is 18.9 Å². The highest BCUT2D eigenvalue weighted by Gasteiger charge is 2.12. The zero-order valence-electron chi connectivity index (χ0n) is 11.3. The number of hydrogen-bond acceptors (Lipinski definition) is 2. The first-order valence-electron chi connectivity index (χ1n) is 6.35. The predicted octanol–water partition coefficient (Wildman–Crippen LogP) is 3.47. The summed E-state index contributed by atoms with van der Waals surface area (Å²) in [6.45, 7) is 4.21. The number of nitrogens with one attached hydrogen (secondary N) is 1. The third kappa shape index (κ3) is 5.57. The lowest BCUT2D eigenvalue weighted by Gasteiger charge is -2.23. The molecule has 1 aromatic carbocycles. The summed E-state index contributed by atoms with van der Waals surface area (Å²) in [5.41, 5.74) is 1.15. The zero-order valence-corrected chi connectivity index (χ0v) is 12.9. The molecule has 0 spiro atoms. The molecular formula is C14H22Cl2N2. The van der Waals surface area contributed by atoms with Crippen LogP contribution >= 0.6 is 23.2 Å². The number of halogens is 2. The summed E-state index contributed by atoms with van der Waals surface area (Å²) in [7, 11) is 4.17. The van der Waals surface area contributed by atoms with Crippen LogP contribution in [0.4, 0.5) is 0 Å². The van der Waals surface area contributed by atoms with E-state index in [0.29, 0.717) is 11.1 Å². The number of likely N-dealkylation sites (N-methyl/N-ethyl adjacent to an activating group) is 1. The maximum absolute atomic E-state index is 6.22. The van der Waals surface area contributed by atoms with E-state index in [9.17, 15) is 0 Å². The van der Waals surface area contributed by atoms with Crippen LogP contribution < -0.4 is 5.32 Å². The minimum absolute atomic E-state index is 0.415. The molecule has 0 aliphatic carbocycles. The molecule has 0 aromatic heterocycles. The molecule has 0 heterocycles. The van der Waals surface area contributed by atoms with Crippen LogP contribution in [-0.4, -0.2) is 38.1 Å². The van der Waals surface area contributed by atoms with Gasteiger partial charge in [-0.25, -0.2) is 0 Å². The molecule has 1 N–H and O–H groups in total. The van der Waals surface area contributed by atoms with Gasteiger partial charge in [-0.1, -0.05) is 36.2 Å². The average Bonchev–Trinajstić information content (AvgIpc) is 2.29. The number of rotatable bonds is 7. The van der Waals surface area contributed by atoms with Crippen molar-refractivity contribution in [2.24, 2.45) is 0 Å². The predicted molar refractivity (Wildman–Crippen MR) is 80.8 cm³/mol. The van der Waals surface area contributed by atoms with Gasteiger partial charge in [-0.2, -0.15) is 0 Å². The third-order valence-corrected chi connectivity index (χ3v) is 3.34. The SMILES string of the molecule is CCCNC(Cc1ccc(Cl)cc1Cl)CN(C)C. The summed E-state index contributed by atoms with van der Waals surface area (Å²) in [5.74, 6) is 0. The van der Waals surface area contributed by atoms with E-state index >= 15 is 0 Å². The third-order valence-electron chi connectivity index (χ3n) is 2.75. The van der Waals surface area contributed by atoms with E-state index in [1.54, 1.807) is 0 Å². The van der Waals surface area contributed by atoms with Gasteiger partial charge in [0, 0.05) is 22.6 Å². The quantitative estimate of drug-likeness (QED) is 0.827. The van der Waals surface area contributed by atoms with Crippen LogP contribution in [-0.2, 0) is 6.42 Å². The molecule has 1 unspecified atom stereocenters. The lowest BCUT2D eigenvalue weighted by molar-refractivity contribution is 0.336. The Morgan fingerprint density at radius 3 is 2.56 bits per heavy atom. The molecule has 0 radical (unpaired) electrons. The lowest BCUT2D eigenvalue weighted by atomic mass is 10.1. The molecule has 1 aromatic rings. The Hall–Kier alpha value is -0.280. The van der Waals surface area contributed by atoms with E-state index in [1.165, 1.54) is 0 Å². The van der Waals surface area contributed by atoms with Crippen LogP contribution in [0.3, 0.4) is 0 Å². The van der Waals surface area contributed by atoms with Crippen molar-refractivity contribution >= 4 is 23.2 Å². The zero-order chi connectivity index (χ0) is 13.5. The van der Waals surface area contributed by atoms with Crippen molar-refractivity contribution in [3.8, 4) is 0 Å². The largest absolute Gasteiger partial charge is 0.312 e. The molecule has 0 aliphatic rings. The first-order valence-corrected chi connectivity index (χ1v) is 7.10. The topological polar surface area (TPSA) is 15.3 Å². The summed E-state index contributed by atoms with van der Waals surface area (Å²) < 4.78 is 0. The summed E-state index contributed by atoms with van der Waals surface area (Å²) in [5, 5.41) is 5.00. The molecule has 4 heteroatoms. The van der Waals surface area contributed by atoms with Gasteiger partial charge in [-0.05, 0) is 51.2 Å². The molecular weight excluding hydrogens is 267 g/mol. The fourth-order valence-electron chi connectivity index (χ4n) is 1.94. The van der Waals surface area contributed by atoms with Gasteiger partial charge in [0.2, 0.25) is 0 Å². The molecule has 2 nitrogen and oxygen atoms in total. The van der Waals surface area contributed by atoms with E-state index in [0.717, 1.165) is 36.5 Å². The number of hydrogen-bond donors (Lipinski definition) is 1. The number of nitrogens with zero attached hydrogens (tertiary/aromatic N) is 1. The van der Waals surface area contributed by atoms with Gasteiger partial charge in [-0.15, -0.1) is 0 Å². The number of benzene rings is 1. The Morgan fingerprint density at radius 1 is 1.28 bits per heavy atom. The summed E-state index contributed by atoms with van der Waals surface area (Å²) in [6.07, 6.45) is 2.06. The second-order valence-corrected chi connectivity index (χ2v) is 5.70. The van der Waals surface area contributed by atoms with Crippen molar-refractivity contribution < 1.29 is 0 Å². The van der Waals surface area contributed by atoms with Crippen LogP contribution in [0.5, 0.6) is 0 Å². The highest BCUT2D eigenvalue weighted by molar-refractivity contribution is 6.35. The Labute approximate surface area is 120 Å².